The molecule has 0 bridgehead atoms. The van der Waals surface area contributed by atoms with E-state index < -0.39 is 0 Å². The smallest absolute Gasteiger partial charge is 0.263 e. The highest BCUT2D eigenvalue weighted by molar-refractivity contribution is 7.17. The van der Waals surface area contributed by atoms with Crippen LogP contribution in [0.15, 0.2) is 48.5 Å². The zero-order valence-corrected chi connectivity index (χ0v) is 15.4. The highest BCUT2D eigenvalue weighted by atomic mass is 32.1. The second-order valence-corrected chi connectivity index (χ2v) is 6.79. The summed E-state index contributed by atoms with van der Waals surface area (Å²) in [5.41, 5.74) is 2.64. The van der Waals surface area contributed by atoms with Crippen LogP contribution in [0.25, 0.3) is 10.6 Å². The molecule has 0 spiro atoms. The maximum atomic E-state index is 12.9. The largest absolute Gasteiger partial charge is 0.497 e. The summed E-state index contributed by atoms with van der Waals surface area (Å²) in [5.74, 6) is 0.381. The van der Waals surface area contributed by atoms with Gasteiger partial charge < -0.3 is 10.1 Å². The number of amides is 1. The van der Waals surface area contributed by atoms with Crippen molar-refractivity contribution in [1.29, 1.82) is 0 Å². The van der Waals surface area contributed by atoms with Crippen LogP contribution in [-0.2, 0) is 6.42 Å². The van der Waals surface area contributed by atoms with Crippen LogP contribution in [0, 0.1) is 12.7 Å². The lowest BCUT2D eigenvalue weighted by Crippen LogP contribution is -2.25. The van der Waals surface area contributed by atoms with Crippen molar-refractivity contribution in [2.45, 2.75) is 13.3 Å². The highest BCUT2D eigenvalue weighted by Crippen LogP contribution is 2.29. The van der Waals surface area contributed by atoms with Gasteiger partial charge in [0, 0.05) is 12.1 Å². The number of thiazole rings is 1. The minimum atomic E-state index is -0.260. The van der Waals surface area contributed by atoms with Gasteiger partial charge in [0.1, 0.15) is 21.5 Å². The van der Waals surface area contributed by atoms with Gasteiger partial charge in [-0.25, -0.2) is 9.37 Å². The number of benzene rings is 2. The van der Waals surface area contributed by atoms with E-state index in [9.17, 15) is 9.18 Å². The van der Waals surface area contributed by atoms with Crippen molar-refractivity contribution in [1.82, 2.24) is 10.3 Å². The van der Waals surface area contributed by atoms with Crippen LogP contribution in [0.2, 0.25) is 0 Å². The normalized spacial score (nSPS) is 10.6. The molecule has 26 heavy (non-hydrogen) atoms. The second-order valence-electron chi connectivity index (χ2n) is 5.79. The zero-order valence-electron chi connectivity index (χ0n) is 14.6. The van der Waals surface area contributed by atoms with Gasteiger partial charge in [0.05, 0.1) is 12.8 Å². The first-order valence-electron chi connectivity index (χ1n) is 8.21. The van der Waals surface area contributed by atoms with Crippen molar-refractivity contribution in [2.75, 3.05) is 13.7 Å². The lowest BCUT2D eigenvalue weighted by molar-refractivity contribution is 0.0957. The SMILES string of the molecule is COc1ccc(-c2nc(C)c(C(=O)NCCc3ccc(F)cc3)s2)cc1. The molecule has 134 valence electrons. The number of nitrogens with zero attached hydrogens (tertiary/aromatic N) is 1. The molecule has 3 aromatic rings. The molecular weight excluding hydrogens is 351 g/mol. The molecule has 0 fully saturated rings. The Labute approximate surface area is 155 Å². The van der Waals surface area contributed by atoms with Crippen molar-refractivity contribution in [2.24, 2.45) is 0 Å². The number of hydrogen-bond donors (Lipinski definition) is 1. The van der Waals surface area contributed by atoms with E-state index in [1.165, 1.54) is 23.5 Å². The average molecular weight is 370 g/mol. The Balaban J connectivity index is 1.63. The fourth-order valence-corrected chi connectivity index (χ4v) is 3.50. The predicted octanol–water partition coefficient (Wildman–Crippen LogP) is 4.24. The third kappa shape index (κ3) is 4.26. The first kappa shape index (κ1) is 18.1. The summed E-state index contributed by atoms with van der Waals surface area (Å²) in [6, 6.07) is 13.9. The van der Waals surface area contributed by atoms with Crippen molar-refractivity contribution in [3.63, 3.8) is 0 Å². The fraction of sp³-hybridized carbons (Fsp3) is 0.200. The van der Waals surface area contributed by atoms with E-state index in [1.54, 1.807) is 19.2 Å². The molecule has 0 unspecified atom stereocenters. The van der Waals surface area contributed by atoms with Gasteiger partial charge >= 0.3 is 0 Å². The van der Waals surface area contributed by atoms with E-state index in [-0.39, 0.29) is 11.7 Å². The molecule has 1 amide bonds. The van der Waals surface area contributed by atoms with E-state index in [0.29, 0.717) is 23.5 Å². The first-order valence-corrected chi connectivity index (χ1v) is 9.03. The first-order chi connectivity index (χ1) is 12.6. The fourth-order valence-electron chi connectivity index (χ4n) is 2.52. The molecule has 1 aromatic heterocycles. The van der Waals surface area contributed by atoms with Crippen molar-refractivity contribution in [3.8, 4) is 16.3 Å². The molecule has 3 rings (SSSR count). The summed E-state index contributed by atoms with van der Waals surface area (Å²) >= 11 is 1.37. The number of aromatic nitrogens is 1. The number of methoxy groups -OCH3 is 1. The number of carbonyl (C=O) groups excluding carboxylic acids is 1. The molecule has 0 aliphatic heterocycles. The Hall–Kier alpha value is -2.73. The summed E-state index contributed by atoms with van der Waals surface area (Å²) < 4.78 is 18.1. The van der Waals surface area contributed by atoms with E-state index in [4.69, 9.17) is 4.74 Å². The predicted molar refractivity (Wildman–Crippen MR) is 101 cm³/mol. The van der Waals surface area contributed by atoms with Crippen LogP contribution in [-0.4, -0.2) is 24.5 Å². The minimum absolute atomic E-state index is 0.137. The molecule has 2 aromatic carbocycles. The van der Waals surface area contributed by atoms with E-state index in [2.05, 4.69) is 10.3 Å². The third-order valence-electron chi connectivity index (χ3n) is 3.95. The van der Waals surface area contributed by atoms with Crippen molar-refractivity contribution < 1.29 is 13.9 Å². The van der Waals surface area contributed by atoms with Gasteiger partial charge in [-0.15, -0.1) is 11.3 Å². The zero-order chi connectivity index (χ0) is 18.5. The number of hydrogen-bond acceptors (Lipinski definition) is 4. The summed E-state index contributed by atoms with van der Waals surface area (Å²) in [6.45, 7) is 2.32. The molecular formula is C20H19FN2O2S. The van der Waals surface area contributed by atoms with Gasteiger partial charge in [-0.2, -0.15) is 0 Å². The highest BCUT2D eigenvalue weighted by Gasteiger charge is 2.16. The van der Waals surface area contributed by atoms with Crippen molar-refractivity contribution >= 4 is 17.2 Å². The molecule has 4 nitrogen and oxygen atoms in total. The van der Waals surface area contributed by atoms with Crippen LogP contribution < -0.4 is 10.1 Å². The molecule has 6 heteroatoms. The molecule has 1 N–H and O–H groups in total. The van der Waals surface area contributed by atoms with E-state index in [0.717, 1.165) is 21.9 Å². The van der Waals surface area contributed by atoms with E-state index in [1.807, 2.05) is 31.2 Å². The van der Waals surface area contributed by atoms with Gasteiger partial charge in [0.15, 0.2) is 0 Å². The van der Waals surface area contributed by atoms with Crippen LogP contribution in [0.3, 0.4) is 0 Å². The van der Waals surface area contributed by atoms with Crippen LogP contribution in [0.5, 0.6) is 5.75 Å². The monoisotopic (exact) mass is 370 g/mol. The number of ether oxygens (including phenoxy) is 1. The lowest BCUT2D eigenvalue weighted by atomic mass is 10.1. The van der Waals surface area contributed by atoms with Gasteiger partial charge in [-0.3, -0.25) is 4.79 Å². The number of carbonyl (C=O) groups is 1. The number of rotatable bonds is 6. The van der Waals surface area contributed by atoms with E-state index >= 15 is 0 Å². The summed E-state index contributed by atoms with van der Waals surface area (Å²) in [5, 5.41) is 3.70. The number of nitrogens with one attached hydrogen (secondary N) is 1. The van der Waals surface area contributed by atoms with Gasteiger partial charge in [0.25, 0.3) is 5.91 Å². The number of aryl methyl sites for hydroxylation is 1. The minimum Gasteiger partial charge on any atom is -0.497 e. The summed E-state index contributed by atoms with van der Waals surface area (Å²) in [7, 11) is 1.62. The van der Waals surface area contributed by atoms with Crippen LogP contribution in [0.1, 0.15) is 20.9 Å². The topological polar surface area (TPSA) is 51.2 Å². The third-order valence-corrected chi connectivity index (χ3v) is 5.16. The van der Waals surface area contributed by atoms with Crippen LogP contribution >= 0.6 is 11.3 Å². The molecule has 0 aliphatic carbocycles. The molecule has 0 aliphatic rings. The molecule has 0 saturated carbocycles. The maximum absolute atomic E-state index is 12.9. The van der Waals surface area contributed by atoms with Gasteiger partial charge in [-0.05, 0) is 55.3 Å². The Morgan fingerprint density at radius 3 is 2.50 bits per heavy atom. The molecule has 0 radical (unpaired) electrons. The Morgan fingerprint density at radius 2 is 1.85 bits per heavy atom. The quantitative estimate of drug-likeness (QED) is 0.706. The standard InChI is InChI=1S/C20H19FN2O2S/c1-13-18(19(24)22-12-11-14-3-7-16(21)8-4-14)26-20(23-13)15-5-9-17(25-2)10-6-15/h3-10H,11-12H2,1-2H3,(H,22,24). The van der Waals surface area contributed by atoms with Crippen LogP contribution in [0.4, 0.5) is 4.39 Å². The Kier molecular flexibility index (Phi) is 5.63. The summed E-state index contributed by atoms with van der Waals surface area (Å²) in [4.78, 5) is 17.5. The maximum Gasteiger partial charge on any atom is 0.263 e. The molecule has 0 saturated heterocycles. The van der Waals surface area contributed by atoms with Gasteiger partial charge in [0.2, 0.25) is 0 Å². The van der Waals surface area contributed by atoms with Gasteiger partial charge in [-0.1, -0.05) is 12.1 Å². The number of halogens is 1. The molecule has 0 atom stereocenters. The average Bonchev–Trinajstić information content (AvgIpc) is 3.05. The second kappa shape index (κ2) is 8.10. The van der Waals surface area contributed by atoms with Crippen molar-refractivity contribution in [3.05, 3.63) is 70.5 Å². The Morgan fingerprint density at radius 1 is 1.15 bits per heavy atom. The molecule has 1 heterocycles. The lowest BCUT2D eigenvalue weighted by Gasteiger charge is -2.04. The Bertz CT molecular complexity index is 889. The summed E-state index contributed by atoms with van der Waals surface area (Å²) in [6.07, 6.45) is 0.648.